The summed E-state index contributed by atoms with van der Waals surface area (Å²) in [5.41, 5.74) is 0. The molecule has 1 aromatic heterocycles. The van der Waals surface area contributed by atoms with Gasteiger partial charge >= 0.3 is 0 Å². The zero-order valence-corrected chi connectivity index (χ0v) is 12.8. The van der Waals surface area contributed by atoms with Crippen LogP contribution in [-0.4, -0.2) is 43.9 Å². The highest BCUT2D eigenvalue weighted by Gasteiger charge is 2.29. The Labute approximate surface area is 126 Å². The minimum Gasteiger partial charge on any atom is -0.345 e. The van der Waals surface area contributed by atoms with Gasteiger partial charge in [0.25, 0.3) is 0 Å². The molecule has 0 aliphatic carbocycles. The van der Waals surface area contributed by atoms with Crippen LogP contribution in [-0.2, 0) is 10.0 Å². The predicted molar refractivity (Wildman–Crippen MR) is 79.5 cm³/mol. The molecule has 2 aromatic rings. The number of halogens is 1. The van der Waals surface area contributed by atoms with Gasteiger partial charge in [-0.2, -0.15) is 4.31 Å². The minimum atomic E-state index is -3.63. The highest BCUT2D eigenvalue weighted by atomic mass is 32.2. The van der Waals surface area contributed by atoms with Gasteiger partial charge in [0.15, 0.2) is 5.13 Å². The maximum absolute atomic E-state index is 13.2. The number of piperazine rings is 1. The van der Waals surface area contributed by atoms with Crippen molar-refractivity contribution in [3.63, 3.8) is 0 Å². The molecule has 0 amide bonds. The van der Waals surface area contributed by atoms with Crippen LogP contribution in [0.1, 0.15) is 0 Å². The number of hydrogen-bond donors (Lipinski definition) is 0. The molecule has 1 aliphatic rings. The van der Waals surface area contributed by atoms with Crippen LogP contribution in [0.15, 0.2) is 40.7 Å². The van der Waals surface area contributed by atoms with Crippen LogP contribution in [0, 0.1) is 5.82 Å². The average molecular weight is 327 g/mol. The molecule has 0 saturated carbocycles. The van der Waals surface area contributed by atoms with E-state index in [4.69, 9.17) is 0 Å². The molecule has 0 unspecified atom stereocenters. The Hall–Kier alpha value is -1.51. The van der Waals surface area contributed by atoms with Gasteiger partial charge in [-0.1, -0.05) is 6.07 Å². The minimum absolute atomic E-state index is 0.00481. The number of hydrogen-bond acceptors (Lipinski definition) is 5. The molecule has 0 radical (unpaired) electrons. The fourth-order valence-electron chi connectivity index (χ4n) is 2.27. The highest BCUT2D eigenvalue weighted by Crippen LogP contribution is 2.22. The van der Waals surface area contributed by atoms with Gasteiger partial charge in [0.05, 0.1) is 4.90 Å². The summed E-state index contributed by atoms with van der Waals surface area (Å²) in [6.07, 6.45) is 1.73. The quantitative estimate of drug-likeness (QED) is 0.862. The summed E-state index contributed by atoms with van der Waals surface area (Å²) in [4.78, 5) is 6.29. The molecular weight excluding hydrogens is 313 g/mol. The third-order valence-electron chi connectivity index (χ3n) is 3.36. The lowest BCUT2D eigenvalue weighted by Crippen LogP contribution is -2.48. The lowest BCUT2D eigenvalue weighted by molar-refractivity contribution is 0.384. The fraction of sp³-hybridized carbons (Fsp3) is 0.308. The van der Waals surface area contributed by atoms with Crippen molar-refractivity contribution < 1.29 is 12.8 Å². The first-order chi connectivity index (χ1) is 10.1. The second kappa shape index (κ2) is 5.70. The van der Waals surface area contributed by atoms with E-state index in [-0.39, 0.29) is 4.90 Å². The van der Waals surface area contributed by atoms with Gasteiger partial charge in [-0.3, -0.25) is 0 Å². The number of sulfonamides is 1. The van der Waals surface area contributed by atoms with E-state index in [1.807, 2.05) is 5.38 Å². The zero-order chi connectivity index (χ0) is 14.9. The molecule has 1 fully saturated rings. The number of thiazole rings is 1. The molecule has 0 atom stereocenters. The number of anilines is 1. The highest BCUT2D eigenvalue weighted by molar-refractivity contribution is 7.89. The molecule has 1 saturated heterocycles. The normalized spacial score (nSPS) is 17.1. The summed E-state index contributed by atoms with van der Waals surface area (Å²) < 4.78 is 39.5. The van der Waals surface area contributed by atoms with Crippen LogP contribution in [0.5, 0.6) is 0 Å². The molecule has 112 valence electrons. The number of nitrogens with zero attached hydrogens (tertiary/aromatic N) is 3. The maximum Gasteiger partial charge on any atom is 0.243 e. The first kappa shape index (κ1) is 14.4. The van der Waals surface area contributed by atoms with E-state index in [0.29, 0.717) is 26.2 Å². The van der Waals surface area contributed by atoms with Crippen LogP contribution in [0.25, 0.3) is 0 Å². The Morgan fingerprint density at radius 2 is 1.95 bits per heavy atom. The van der Waals surface area contributed by atoms with Crippen molar-refractivity contribution in [2.45, 2.75) is 4.90 Å². The van der Waals surface area contributed by atoms with Gasteiger partial charge in [0, 0.05) is 37.8 Å². The first-order valence-electron chi connectivity index (χ1n) is 6.47. The van der Waals surface area contributed by atoms with Crippen molar-refractivity contribution in [1.82, 2.24) is 9.29 Å². The van der Waals surface area contributed by atoms with E-state index >= 15 is 0 Å². The molecule has 1 aromatic carbocycles. The van der Waals surface area contributed by atoms with Crippen molar-refractivity contribution in [2.24, 2.45) is 0 Å². The second-order valence-corrected chi connectivity index (χ2v) is 7.47. The van der Waals surface area contributed by atoms with Crippen LogP contribution in [0.4, 0.5) is 9.52 Å². The molecular formula is C13H14FN3O2S2. The lowest BCUT2D eigenvalue weighted by Gasteiger charge is -2.33. The summed E-state index contributed by atoms with van der Waals surface area (Å²) in [5.74, 6) is -0.544. The van der Waals surface area contributed by atoms with Crippen molar-refractivity contribution >= 4 is 26.5 Å². The van der Waals surface area contributed by atoms with E-state index in [2.05, 4.69) is 9.88 Å². The second-order valence-electron chi connectivity index (χ2n) is 4.66. The van der Waals surface area contributed by atoms with Crippen LogP contribution < -0.4 is 4.90 Å². The van der Waals surface area contributed by atoms with Crippen LogP contribution in [0.3, 0.4) is 0 Å². The number of benzene rings is 1. The monoisotopic (exact) mass is 327 g/mol. The average Bonchev–Trinajstić information content (AvgIpc) is 3.02. The van der Waals surface area contributed by atoms with Gasteiger partial charge in [0.2, 0.25) is 10.0 Å². The summed E-state index contributed by atoms with van der Waals surface area (Å²) in [6.45, 7) is 1.92. The molecule has 3 rings (SSSR count). The summed E-state index contributed by atoms with van der Waals surface area (Å²) in [6, 6.07) is 5.13. The third-order valence-corrected chi connectivity index (χ3v) is 6.09. The van der Waals surface area contributed by atoms with E-state index in [1.165, 1.54) is 33.8 Å². The molecule has 0 spiro atoms. The molecule has 0 N–H and O–H groups in total. The SMILES string of the molecule is O=S(=O)(c1cccc(F)c1)N1CCN(c2nccs2)CC1. The molecule has 0 bridgehead atoms. The van der Waals surface area contributed by atoms with Gasteiger partial charge in [0.1, 0.15) is 5.82 Å². The molecule has 2 heterocycles. The van der Waals surface area contributed by atoms with Crippen LogP contribution in [0.2, 0.25) is 0 Å². The van der Waals surface area contributed by atoms with E-state index in [0.717, 1.165) is 11.2 Å². The Kier molecular flexibility index (Phi) is 3.92. The summed E-state index contributed by atoms with van der Waals surface area (Å²) in [7, 11) is -3.63. The molecule has 1 aliphatic heterocycles. The van der Waals surface area contributed by atoms with Crippen LogP contribution >= 0.6 is 11.3 Å². The molecule has 21 heavy (non-hydrogen) atoms. The topological polar surface area (TPSA) is 53.5 Å². The zero-order valence-electron chi connectivity index (χ0n) is 11.1. The predicted octanol–water partition coefficient (Wildman–Crippen LogP) is 1.79. The molecule has 8 heteroatoms. The van der Waals surface area contributed by atoms with Crippen molar-refractivity contribution in [1.29, 1.82) is 0 Å². The van der Waals surface area contributed by atoms with Gasteiger partial charge in [-0.15, -0.1) is 11.3 Å². The van der Waals surface area contributed by atoms with E-state index < -0.39 is 15.8 Å². The van der Waals surface area contributed by atoms with Crippen molar-refractivity contribution in [3.05, 3.63) is 41.7 Å². The number of rotatable bonds is 3. The molecule has 5 nitrogen and oxygen atoms in total. The Morgan fingerprint density at radius 1 is 1.19 bits per heavy atom. The largest absolute Gasteiger partial charge is 0.345 e. The van der Waals surface area contributed by atoms with Gasteiger partial charge < -0.3 is 4.90 Å². The van der Waals surface area contributed by atoms with E-state index in [9.17, 15) is 12.8 Å². The van der Waals surface area contributed by atoms with Crippen molar-refractivity contribution in [3.8, 4) is 0 Å². The Bertz CT molecular complexity index is 711. The van der Waals surface area contributed by atoms with Gasteiger partial charge in [-0.25, -0.2) is 17.8 Å². The Balaban J connectivity index is 1.74. The maximum atomic E-state index is 13.2. The van der Waals surface area contributed by atoms with E-state index in [1.54, 1.807) is 6.20 Å². The lowest BCUT2D eigenvalue weighted by atomic mass is 10.4. The summed E-state index contributed by atoms with van der Waals surface area (Å²) in [5, 5.41) is 2.79. The number of aromatic nitrogens is 1. The fourth-order valence-corrected chi connectivity index (χ4v) is 4.42. The third kappa shape index (κ3) is 2.92. The summed E-state index contributed by atoms with van der Waals surface area (Å²) >= 11 is 1.53. The van der Waals surface area contributed by atoms with Gasteiger partial charge in [-0.05, 0) is 18.2 Å². The van der Waals surface area contributed by atoms with Crippen molar-refractivity contribution in [2.75, 3.05) is 31.1 Å². The smallest absolute Gasteiger partial charge is 0.243 e. The Morgan fingerprint density at radius 3 is 2.57 bits per heavy atom. The standard InChI is InChI=1S/C13H14FN3O2S2/c14-11-2-1-3-12(10-11)21(18,19)17-7-5-16(6-8-17)13-15-4-9-20-13/h1-4,9-10H,5-8H2. The first-order valence-corrected chi connectivity index (χ1v) is 8.79.